The lowest BCUT2D eigenvalue weighted by Gasteiger charge is -2.23. The van der Waals surface area contributed by atoms with E-state index in [1.165, 1.54) is 11.1 Å². The van der Waals surface area contributed by atoms with E-state index in [-0.39, 0.29) is 11.8 Å². The molecule has 3 nitrogen and oxygen atoms in total. The summed E-state index contributed by atoms with van der Waals surface area (Å²) in [5.74, 6) is 2.38. The van der Waals surface area contributed by atoms with Gasteiger partial charge in [-0.15, -0.1) is 0 Å². The molecule has 1 saturated carbocycles. The molecule has 0 bridgehead atoms. The van der Waals surface area contributed by atoms with Crippen LogP contribution in [0.5, 0.6) is 0 Å². The molecule has 1 saturated heterocycles. The molecule has 2 fully saturated rings. The highest BCUT2D eigenvalue weighted by atomic mass is 32.2. The van der Waals surface area contributed by atoms with Crippen LogP contribution in [0, 0.1) is 11.3 Å². The summed E-state index contributed by atoms with van der Waals surface area (Å²) in [5.41, 5.74) is 3.83. The number of amides is 1. The van der Waals surface area contributed by atoms with Crippen molar-refractivity contribution in [1.82, 2.24) is 5.32 Å². The van der Waals surface area contributed by atoms with Crippen LogP contribution in [0.15, 0.2) is 54.6 Å². The molecule has 1 unspecified atom stereocenters. The van der Waals surface area contributed by atoms with Crippen LogP contribution in [0.1, 0.15) is 30.4 Å². The number of carbonyl (C=O) groups excluding carboxylic acids is 1. The fraction of sp³-hybridized carbons (Fsp3) is 0.409. The number of benzene rings is 2. The van der Waals surface area contributed by atoms with Gasteiger partial charge >= 0.3 is 0 Å². The van der Waals surface area contributed by atoms with Crippen molar-refractivity contribution >= 4 is 23.4 Å². The van der Waals surface area contributed by atoms with Crippen molar-refractivity contribution in [2.75, 3.05) is 18.4 Å². The highest BCUT2D eigenvalue weighted by Crippen LogP contribution is 2.58. The van der Waals surface area contributed by atoms with Crippen LogP contribution >= 0.6 is 11.8 Å². The molecule has 2 N–H and O–H groups in total. The van der Waals surface area contributed by atoms with Gasteiger partial charge in [-0.05, 0) is 61.0 Å². The Kier molecular flexibility index (Phi) is 5.32. The summed E-state index contributed by atoms with van der Waals surface area (Å²) in [6.45, 7) is 2.11. The lowest BCUT2D eigenvalue weighted by molar-refractivity contribution is -0.118. The Morgan fingerprint density at radius 2 is 1.77 bits per heavy atom. The van der Waals surface area contributed by atoms with Gasteiger partial charge in [0.2, 0.25) is 5.91 Å². The lowest BCUT2D eigenvalue weighted by atomic mass is 9.92. The zero-order valence-corrected chi connectivity index (χ0v) is 15.9. The van der Waals surface area contributed by atoms with Crippen molar-refractivity contribution in [3.63, 3.8) is 0 Å². The third-order valence-corrected chi connectivity index (χ3v) is 6.76. The minimum atomic E-state index is 0.209. The second kappa shape index (κ2) is 7.85. The highest BCUT2D eigenvalue weighted by Gasteiger charge is 2.57. The van der Waals surface area contributed by atoms with E-state index in [9.17, 15) is 4.79 Å². The van der Waals surface area contributed by atoms with E-state index in [1.54, 1.807) is 0 Å². The zero-order valence-electron chi connectivity index (χ0n) is 15.0. The third-order valence-electron chi connectivity index (χ3n) is 5.68. The lowest BCUT2D eigenvalue weighted by Crippen LogP contribution is -2.31. The predicted molar refractivity (Wildman–Crippen MR) is 109 cm³/mol. The molecule has 2 aliphatic rings. The summed E-state index contributed by atoms with van der Waals surface area (Å²) in [4.78, 5) is 12.6. The Hall–Kier alpha value is -1.78. The van der Waals surface area contributed by atoms with Gasteiger partial charge in [0.05, 0.1) is 0 Å². The maximum Gasteiger partial charge on any atom is 0.228 e. The van der Waals surface area contributed by atoms with E-state index in [4.69, 9.17) is 0 Å². The van der Waals surface area contributed by atoms with E-state index in [1.807, 2.05) is 30.0 Å². The second-order valence-corrected chi connectivity index (χ2v) is 8.52. The Labute approximate surface area is 160 Å². The fourth-order valence-electron chi connectivity index (χ4n) is 4.02. The molecule has 4 heteroatoms. The monoisotopic (exact) mass is 366 g/mol. The number of anilines is 1. The Morgan fingerprint density at radius 1 is 1.04 bits per heavy atom. The van der Waals surface area contributed by atoms with Crippen molar-refractivity contribution < 1.29 is 4.79 Å². The molecule has 1 atom stereocenters. The van der Waals surface area contributed by atoms with Crippen LogP contribution < -0.4 is 10.6 Å². The molecule has 2 aromatic rings. The van der Waals surface area contributed by atoms with Crippen molar-refractivity contribution in [1.29, 1.82) is 0 Å². The second-order valence-electron chi connectivity index (χ2n) is 7.54. The maximum atomic E-state index is 12.6. The van der Waals surface area contributed by atoms with Crippen LogP contribution in [0.25, 0.3) is 0 Å². The minimum Gasteiger partial charge on any atom is -0.326 e. The van der Waals surface area contributed by atoms with Gasteiger partial charge in [0, 0.05) is 23.1 Å². The summed E-state index contributed by atoms with van der Waals surface area (Å²) in [7, 11) is 0. The summed E-state index contributed by atoms with van der Waals surface area (Å²) in [6.07, 6.45) is 3.34. The quantitative estimate of drug-likeness (QED) is 0.794. The molecular formula is C22H26N2OS. The molecule has 1 heterocycles. The summed E-state index contributed by atoms with van der Waals surface area (Å²) in [5, 5.41) is 6.55. The number of nitrogens with one attached hydrogen (secondary N) is 2. The molecule has 4 rings (SSSR count). The molecule has 2 aromatic carbocycles. The van der Waals surface area contributed by atoms with Crippen molar-refractivity contribution in [2.45, 2.75) is 30.8 Å². The van der Waals surface area contributed by atoms with Crippen molar-refractivity contribution in [3.05, 3.63) is 65.7 Å². The molecule has 26 heavy (non-hydrogen) atoms. The Bertz CT molecular complexity index is 756. The molecule has 1 amide bonds. The molecule has 1 aliphatic heterocycles. The van der Waals surface area contributed by atoms with Gasteiger partial charge < -0.3 is 10.6 Å². The molecule has 0 aromatic heterocycles. The fourth-order valence-corrected chi connectivity index (χ4v) is 4.97. The van der Waals surface area contributed by atoms with E-state index in [2.05, 4.69) is 47.0 Å². The number of rotatable bonds is 6. The normalized spacial score (nSPS) is 20.7. The summed E-state index contributed by atoms with van der Waals surface area (Å²) >= 11 is 1.90. The van der Waals surface area contributed by atoms with Crippen LogP contribution in [0.3, 0.4) is 0 Å². The van der Waals surface area contributed by atoms with Crippen LogP contribution in [-0.2, 0) is 16.3 Å². The largest absolute Gasteiger partial charge is 0.326 e. The van der Waals surface area contributed by atoms with Gasteiger partial charge in [-0.2, -0.15) is 11.8 Å². The number of piperidine rings is 1. The van der Waals surface area contributed by atoms with Gasteiger partial charge in [0.15, 0.2) is 0 Å². The molecule has 136 valence electrons. The standard InChI is InChI=1S/C22H26N2OS/c25-21(20-14-22(20)9-11-23-12-10-22)24-19-8-4-7-18(13-19)16-26-15-17-5-2-1-3-6-17/h1-8,13,20,23H,9-12,14-16H2,(H,24,25). The summed E-state index contributed by atoms with van der Waals surface area (Å²) in [6, 6.07) is 18.8. The van der Waals surface area contributed by atoms with Gasteiger partial charge in [0.25, 0.3) is 0 Å². The molecule has 0 radical (unpaired) electrons. The first-order valence-corrected chi connectivity index (χ1v) is 10.6. The zero-order chi connectivity index (χ0) is 17.8. The van der Waals surface area contributed by atoms with Gasteiger partial charge in [-0.1, -0.05) is 42.5 Å². The number of thioether (sulfide) groups is 1. The Balaban J connectivity index is 1.29. The van der Waals surface area contributed by atoms with Crippen LogP contribution in [0.2, 0.25) is 0 Å². The first-order chi connectivity index (χ1) is 12.8. The Morgan fingerprint density at radius 3 is 2.58 bits per heavy atom. The highest BCUT2D eigenvalue weighted by molar-refractivity contribution is 7.97. The van der Waals surface area contributed by atoms with Gasteiger partial charge in [0.1, 0.15) is 0 Å². The summed E-state index contributed by atoms with van der Waals surface area (Å²) < 4.78 is 0. The van der Waals surface area contributed by atoms with E-state index in [0.29, 0.717) is 5.41 Å². The molecule has 1 aliphatic carbocycles. The van der Waals surface area contributed by atoms with E-state index < -0.39 is 0 Å². The molecule has 1 spiro atoms. The SMILES string of the molecule is O=C(Nc1cccc(CSCc2ccccc2)c1)C1CC12CCNCC2. The predicted octanol–water partition coefficient (Wildman–Crippen LogP) is 4.45. The van der Waals surface area contributed by atoms with E-state index >= 15 is 0 Å². The topological polar surface area (TPSA) is 41.1 Å². The van der Waals surface area contributed by atoms with Gasteiger partial charge in [-0.25, -0.2) is 0 Å². The maximum absolute atomic E-state index is 12.6. The first-order valence-electron chi connectivity index (χ1n) is 9.47. The van der Waals surface area contributed by atoms with Crippen molar-refractivity contribution in [3.8, 4) is 0 Å². The molecular weight excluding hydrogens is 340 g/mol. The number of hydrogen-bond acceptors (Lipinski definition) is 3. The van der Waals surface area contributed by atoms with Crippen LogP contribution in [0.4, 0.5) is 5.69 Å². The smallest absolute Gasteiger partial charge is 0.228 e. The average Bonchev–Trinajstić information content (AvgIpc) is 3.36. The van der Waals surface area contributed by atoms with E-state index in [0.717, 1.165) is 49.5 Å². The van der Waals surface area contributed by atoms with Gasteiger partial charge in [-0.3, -0.25) is 4.79 Å². The van der Waals surface area contributed by atoms with Crippen LogP contribution in [-0.4, -0.2) is 19.0 Å². The first kappa shape index (κ1) is 17.6. The third kappa shape index (κ3) is 4.13. The minimum absolute atomic E-state index is 0.209. The van der Waals surface area contributed by atoms with Crippen molar-refractivity contribution in [2.24, 2.45) is 11.3 Å². The number of carbonyl (C=O) groups is 1. The average molecular weight is 367 g/mol. The number of hydrogen-bond donors (Lipinski definition) is 2.